The molecule has 0 spiro atoms. The van der Waals surface area contributed by atoms with Crippen molar-refractivity contribution in [3.8, 4) is 0 Å². The van der Waals surface area contributed by atoms with Crippen LogP contribution in [-0.4, -0.2) is 22.9 Å². The fraction of sp³-hybridized carbons (Fsp3) is 0.190. The zero-order chi connectivity index (χ0) is 18.5. The summed E-state index contributed by atoms with van der Waals surface area (Å²) in [6.07, 6.45) is 1.61. The third kappa shape index (κ3) is 4.25. The Morgan fingerprint density at radius 1 is 1.08 bits per heavy atom. The standard InChI is InChI=1S/C21H22N4O/c1-15-9-10-18(16(2)13-15)23-20(26)19-11-12-22-21(24-19)25(3)14-17-7-5-4-6-8-17/h4-13H,14H2,1-3H3,(H,23,26). The molecule has 2 aromatic carbocycles. The zero-order valence-electron chi connectivity index (χ0n) is 15.2. The van der Waals surface area contributed by atoms with Gasteiger partial charge in [0.25, 0.3) is 5.91 Å². The Hall–Kier alpha value is -3.21. The van der Waals surface area contributed by atoms with Crippen molar-refractivity contribution in [2.75, 3.05) is 17.3 Å². The summed E-state index contributed by atoms with van der Waals surface area (Å²) in [6.45, 7) is 4.67. The van der Waals surface area contributed by atoms with Crippen molar-refractivity contribution < 1.29 is 4.79 Å². The van der Waals surface area contributed by atoms with Gasteiger partial charge in [0, 0.05) is 25.5 Å². The Morgan fingerprint density at radius 2 is 1.85 bits per heavy atom. The van der Waals surface area contributed by atoms with E-state index in [-0.39, 0.29) is 5.91 Å². The molecule has 0 fully saturated rings. The SMILES string of the molecule is Cc1ccc(NC(=O)c2ccnc(N(C)Cc3ccccc3)n2)c(C)c1. The van der Waals surface area contributed by atoms with E-state index >= 15 is 0 Å². The molecule has 0 atom stereocenters. The molecule has 1 N–H and O–H groups in total. The fourth-order valence-corrected chi connectivity index (χ4v) is 2.73. The number of amides is 1. The van der Waals surface area contributed by atoms with Crippen molar-refractivity contribution in [2.24, 2.45) is 0 Å². The highest BCUT2D eigenvalue weighted by molar-refractivity contribution is 6.03. The number of aryl methyl sites for hydroxylation is 2. The maximum atomic E-state index is 12.6. The van der Waals surface area contributed by atoms with Crippen molar-refractivity contribution in [1.29, 1.82) is 0 Å². The highest BCUT2D eigenvalue weighted by Crippen LogP contribution is 2.17. The molecule has 1 heterocycles. The Balaban J connectivity index is 1.74. The largest absolute Gasteiger partial charge is 0.340 e. The molecule has 1 aromatic heterocycles. The molecule has 1 amide bonds. The second kappa shape index (κ2) is 7.78. The monoisotopic (exact) mass is 346 g/mol. The van der Waals surface area contributed by atoms with Crippen molar-refractivity contribution in [3.63, 3.8) is 0 Å². The molecular formula is C21H22N4O. The predicted molar refractivity (Wildman–Crippen MR) is 104 cm³/mol. The lowest BCUT2D eigenvalue weighted by atomic mass is 10.1. The van der Waals surface area contributed by atoms with Crippen LogP contribution in [0, 0.1) is 13.8 Å². The molecule has 5 nitrogen and oxygen atoms in total. The molecule has 0 unspecified atom stereocenters. The van der Waals surface area contributed by atoms with Gasteiger partial charge in [0.15, 0.2) is 0 Å². The maximum absolute atomic E-state index is 12.6. The molecule has 3 aromatic rings. The molecule has 0 bridgehead atoms. The van der Waals surface area contributed by atoms with Crippen LogP contribution in [0.4, 0.5) is 11.6 Å². The summed E-state index contributed by atoms with van der Waals surface area (Å²) in [4.78, 5) is 23.2. The molecule has 0 aliphatic rings. The fourth-order valence-electron chi connectivity index (χ4n) is 2.73. The van der Waals surface area contributed by atoms with Crippen LogP contribution in [0.25, 0.3) is 0 Å². The Kier molecular flexibility index (Phi) is 5.27. The maximum Gasteiger partial charge on any atom is 0.274 e. The average molecular weight is 346 g/mol. The third-order valence-electron chi connectivity index (χ3n) is 4.11. The van der Waals surface area contributed by atoms with Gasteiger partial charge in [-0.15, -0.1) is 0 Å². The van der Waals surface area contributed by atoms with Crippen LogP contribution in [-0.2, 0) is 6.54 Å². The number of aromatic nitrogens is 2. The Bertz CT molecular complexity index is 909. The number of rotatable bonds is 5. The first-order chi connectivity index (χ1) is 12.5. The number of nitrogens with zero attached hydrogens (tertiary/aromatic N) is 3. The second-order valence-electron chi connectivity index (χ2n) is 6.36. The van der Waals surface area contributed by atoms with Gasteiger partial charge in [0.05, 0.1) is 0 Å². The zero-order valence-corrected chi connectivity index (χ0v) is 15.2. The van der Waals surface area contributed by atoms with Crippen LogP contribution >= 0.6 is 0 Å². The summed E-state index contributed by atoms with van der Waals surface area (Å²) in [7, 11) is 1.91. The average Bonchev–Trinajstić information content (AvgIpc) is 2.65. The number of hydrogen-bond acceptors (Lipinski definition) is 4. The molecule has 0 aliphatic heterocycles. The quantitative estimate of drug-likeness (QED) is 0.759. The van der Waals surface area contributed by atoms with Gasteiger partial charge >= 0.3 is 0 Å². The minimum absolute atomic E-state index is 0.242. The molecule has 0 radical (unpaired) electrons. The first-order valence-corrected chi connectivity index (χ1v) is 8.49. The molecular weight excluding hydrogens is 324 g/mol. The molecule has 26 heavy (non-hydrogen) atoms. The lowest BCUT2D eigenvalue weighted by Gasteiger charge is -2.17. The number of carbonyl (C=O) groups excluding carboxylic acids is 1. The van der Waals surface area contributed by atoms with Crippen LogP contribution in [0.3, 0.4) is 0 Å². The number of anilines is 2. The van der Waals surface area contributed by atoms with Crippen LogP contribution in [0.1, 0.15) is 27.2 Å². The molecule has 3 rings (SSSR count). The van der Waals surface area contributed by atoms with Crippen molar-refractivity contribution in [2.45, 2.75) is 20.4 Å². The summed E-state index contributed by atoms with van der Waals surface area (Å²) in [5.74, 6) is 0.274. The molecule has 0 saturated heterocycles. The third-order valence-corrected chi connectivity index (χ3v) is 4.11. The van der Waals surface area contributed by atoms with Crippen LogP contribution < -0.4 is 10.2 Å². The van der Waals surface area contributed by atoms with Gasteiger partial charge in [0.1, 0.15) is 5.69 Å². The van der Waals surface area contributed by atoms with Gasteiger partial charge in [-0.2, -0.15) is 0 Å². The summed E-state index contributed by atoms with van der Waals surface area (Å²) in [5.41, 5.74) is 4.47. The number of nitrogens with one attached hydrogen (secondary N) is 1. The highest BCUT2D eigenvalue weighted by atomic mass is 16.1. The van der Waals surface area contributed by atoms with Gasteiger partial charge in [-0.1, -0.05) is 48.0 Å². The summed E-state index contributed by atoms with van der Waals surface area (Å²) in [6, 6.07) is 17.6. The van der Waals surface area contributed by atoms with Gasteiger partial charge < -0.3 is 10.2 Å². The Morgan fingerprint density at radius 3 is 2.58 bits per heavy atom. The minimum atomic E-state index is -0.242. The van der Waals surface area contributed by atoms with Crippen molar-refractivity contribution >= 4 is 17.5 Å². The van der Waals surface area contributed by atoms with Crippen LogP contribution in [0.5, 0.6) is 0 Å². The van der Waals surface area contributed by atoms with Gasteiger partial charge in [-0.05, 0) is 37.1 Å². The van der Waals surface area contributed by atoms with E-state index in [4.69, 9.17) is 0 Å². The highest BCUT2D eigenvalue weighted by Gasteiger charge is 2.12. The number of carbonyl (C=O) groups is 1. The lowest BCUT2D eigenvalue weighted by Crippen LogP contribution is -2.21. The summed E-state index contributed by atoms with van der Waals surface area (Å²) < 4.78 is 0. The van der Waals surface area contributed by atoms with E-state index in [0.717, 1.165) is 22.4 Å². The molecule has 5 heteroatoms. The van der Waals surface area contributed by atoms with Crippen LogP contribution in [0.2, 0.25) is 0 Å². The second-order valence-corrected chi connectivity index (χ2v) is 6.36. The molecule has 0 saturated carbocycles. The van der Waals surface area contributed by atoms with Gasteiger partial charge in [0.2, 0.25) is 5.95 Å². The van der Waals surface area contributed by atoms with E-state index in [1.165, 1.54) is 0 Å². The van der Waals surface area contributed by atoms with E-state index in [9.17, 15) is 4.79 Å². The first kappa shape index (κ1) is 17.6. The summed E-state index contributed by atoms with van der Waals surface area (Å²) in [5, 5.41) is 2.92. The number of hydrogen-bond donors (Lipinski definition) is 1. The van der Waals surface area contributed by atoms with E-state index in [1.54, 1.807) is 12.3 Å². The smallest absolute Gasteiger partial charge is 0.274 e. The summed E-state index contributed by atoms with van der Waals surface area (Å²) >= 11 is 0. The Labute approximate surface area is 153 Å². The topological polar surface area (TPSA) is 58.1 Å². The normalized spacial score (nSPS) is 10.4. The first-order valence-electron chi connectivity index (χ1n) is 8.49. The van der Waals surface area contributed by atoms with E-state index in [2.05, 4.69) is 15.3 Å². The number of benzene rings is 2. The van der Waals surface area contributed by atoms with E-state index in [1.807, 2.05) is 74.3 Å². The van der Waals surface area contributed by atoms with Crippen molar-refractivity contribution in [3.05, 3.63) is 83.2 Å². The van der Waals surface area contributed by atoms with Gasteiger partial charge in [-0.25, -0.2) is 9.97 Å². The van der Waals surface area contributed by atoms with E-state index < -0.39 is 0 Å². The predicted octanol–water partition coefficient (Wildman–Crippen LogP) is 3.98. The van der Waals surface area contributed by atoms with Crippen molar-refractivity contribution in [1.82, 2.24) is 9.97 Å². The van der Waals surface area contributed by atoms with Gasteiger partial charge in [-0.3, -0.25) is 4.79 Å². The molecule has 0 aliphatic carbocycles. The van der Waals surface area contributed by atoms with E-state index in [0.29, 0.717) is 18.2 Å². The van der Waals surface area contributed by atoms with Crippen LogP contribution in [0.15, 0.2) is 60.8 Å². The molecule has 132 valence electrons. The minimum Gasteiger partial charge on any atom is -0.340 e. The lowest BCUT2D eigenvalue weighted by molar-refractivity contribution is 0.102.